The second-order valence-electron chi connectivity index (χ2n) is 17.7. The maximum atomic E-state index is 15.0. The molecule has 350 valence electrons. The van der Waals surface area contributed by atoms with Crippen molar-refractivity contribution >= 4 is 63.9 Å². The van der Waals surface area contributed by atoms with Crippen molar-refractivity contribution in [2.24, 2.45) is 10.4 Å². The molecule has 4 heterocycles. The molecule has 0 bridgehead atoms. The lowest BCUT2D eigenvalue weighted by molar-refractivity contribution is -0.144. The summed E-state index contributed by atoms with van der Waals surface area (Å²) in [5.41, 5.74) is 6.70. The molecule has 5 N–H and O–H groups in total. The summed E-state index contributed by atoms with van der Waals surface area (Å²) in [7, 11) is 0. The van der Waals surface area contributed by atoms with E-state index in [1.54, 1.807) is 86.3 Å². The van der Waals surface area contributed by atoms with Gasteiger partial charge in [0.15, 0.2) is 0 Å². The highest BCUT2D eigenvalue weighted by molar-refractivity contribution is 7.13. The third kappa shape index (κ3) is 10.6. The molecule has 2 aromatic heterocycles. The average molecular weight is 961 g/mol. The van der Waals surface area contributed by atoms with Crippen LogP contribution in [0.25, 0.3) is 21.7 Å². The number of amides is 4. The van der Waals surface area contributed by atoms with E-state index in [1.807, 2.05) is 31.2 Å². The Morgan fingerprint density at radius 1 is 0.941 bits per heavy atom. The van der Waals surface area contributed by atoms with E-state index in [4.69, 9.17) is 16.6 Å². The fraction of sp³-hybridized carbons (Fsp3) is 0.280. The lowest BCUT2D eigenvalue weighted by Gasteiger charge is -2.35. The van der Waals surface area contributed by atoms with Gasteiger partial charge in [-0.25, -0.2) is 23.7 Å². The first kappa shape index (κ1) is 47.5. The van der Waals surface area contributed by atoms with Crippen LogP contribution in [0.4, 0.5) is 20.4 Å². The molecule has 0 saturated carbocycles. The molecule has 18 heteroatoms. The Kier molecular flexibility index (Phi) is 14.1. The molecule has 2 aliphatic rings. The normalized spacial score (nSPS) is 15.9. The number of aromatic nitrogens is 3. The van der Waals surface area contributed by atoms with Crippen molar-refractivity contribution in [2.45, 2.75) is 71.8 Å². The van der Waals surface area contributed by atoms with Crippen LogP contribution in [0.1, 0.15) is 71.9 Å². The zero-order valence-corrected chi connectivity index (χ0v) is 39.1. The van der Waals surface area contributed by atoms with Crippen LogP contribution in [0, 0.1) is 24.0 Å². The summed E-state index contributed by atoms with van der Waals surface area (Å²) in [6.45, 7) is 7.54. The van der Waals surface area contributed by atoms with Gasteiger partial charge in [-0.15, -0.1) is 11.3 Å². The Balaban J connectivity index is 0.847. The summed E-state index contributed by atoms with van der Waals surface area (Å²) in [6, 6.07) is 20.9. The van der Waals surface area contributed by atoms with Gasteiger partial charge in [-0.1, -0.05) is 68.8 Å². The van der Waals surface area contributed by atoms with Crippen LogP contribution >= 0.6 is 22.9 Å². The number of nitrogens with zero attached hydrogens (tertiary/aromatic N) is 5. The number of β-amino-alcohol motifs (C(OH)–C–C–N with tert-alkyl or cyclic N) is 1. The molecular weight excluding hydrogens is 912 g/mol. The highest BCUT2D eigenvalue weighted by Gasteiger charge is 2.44. The quantitative estimate of drug-likeness (QED) is 0.0779. The van der Waals surface area contributed by atoms with Gasteiger partial charge in [-0.3, -0.25) is 24.2 Å². The number of hydrogen-bond donors (Lipinski definition) is 5. The number of benzene rings is 4. The molecule has 4 amide bonds. The van der Waals surface area contributed by atoms with E-state index < -0.39 is 58.9 Å². The number of nitrogens with one attached hydrogen (secondary N) is 4. The minimum absolute atomic E-state index is 0.0291. The number of carbonyl (C=O) groups excluding carboxylic acids is 4. The van der Waals surface area contributed by atoms with Crippen LogP contribution < -0.4 is 21.3 Å². The lowest BCUT2D eigenvalue weighted by Crippen LogP contribution is -2.57. The lowest BCUT2D eigenvalue weighted by atomic mass is 9.85. The van der Waals surface area contributed by atoms with E-state index in [-0.39, 0.29) is 56.2 Å². The Morgan fingerprint density at radius 2 is 1.68 bits per heavy atom. The predicted octanol–water partition coefficient (Wildman–Crippen LogP) is 7.53. The molecule has 4 aromatic carbocycles. The van der Waals surface area contributed by atoms with E-state index in [0.29, 0.717) is 38.7 Å². The van der Waals surface area contributed by atoms with E-state index >= 15 is 0 Å². The molecule has 14 nitrogen and oxygen atoms in total. The fourth-order valence-corrected chi connectivity index (χ4v) is 9.14. The SMILES string of the molecule is Cc1ncsc1-c1ccc(CNC(=O)[C@@H]2C[C@@H](O)CN2C(=O)C(NC(=O)CCNC(=O)c2ccc(Nc3ncc4c(n3)-c3ccc(Cl)cc3C(c3c(F)cccc3F)=NC4)cc2)C(C)(C)C)cc1. The monoisotopic (exact) mass is 959 g/mol. The highest BCUT2D eigenvalue weighted by Crippen LogP contribution is 2.35. The van der Waals surface area contributed by atoms with Crippen LogP contribution in [0.5, 0.6) is 0 Å². The predicted molar refractivity (Wildman–Crippen MR) is 256 cm³/mol. The van der Waals surface area contributed by atoms with E-state index in [0.717, 1.165) is 21.7 Å². The average Bonchev–Trinajstić information content (AvgIpc) is 3.89. The Bertz CT molecular complexity index is 2900. The van der Waals surface area contributed by atoms with E-state index in [2.05, 4.69) is 36.2 Å². The molecule has 1 saturated heterocycles. The van der Waals surface area contributed by atoms with Crippen molar-refractivity contribution in [1.82, 2.24) is 35.8 Å². The maximum Gasteiger partial charge on any atom is 0.251 e. The minimum Gasteiger partial charge on any atom is -0.391 e. The minimum atomic E-state index is -1.03. The third-order valence-corrected chi connectivity index (χ3v) is 12.9. The van der Waals surface area contributed by atoms with Gasteiger partial charge in [0.1, 0.15) is 23.7 Å². The number of aliphatic hydroxyl groups is 1. The zero-order valence-electron chi connectivity index (χ0n) is 37.6. The number of hydrogen-bond acceptors (Lipinski definition) is 11. The van der Waals surface area contributed by atoms with Gasteiger partial charge in [-0.05, 0) is 72.0 Å². The van der Waals surface area contributed by atoms with Crippen molar-refractivity contribution < 1.29 is 33.1 Å². The van der Waals surface area contributed by atoms with Gasteiger partial charge in [0, 0.05) is 71.6 Å². The van der Waals surface area contributed by atoms with Crippen LogP contribution in [-0.4, -0.2) is 85.6 Å². The number of anilines is 2. The highest BCUT2D eigenvalue weighted by atomic mass is 35.5. The summed E-state index contributed by atoms with van der Waals surface area (Å²) in [6.07, 6.45) is 0.598. The Labute approximate surface area is 400 Å². The van der Waals surface area contributed by atoms with Crippen LogP contribution in [0.2, 0.25) is 5.02 Å². The van der Waals surface area contributed by atoms with Crippen LogP contribution in [-0.2, 0) is 27.5 Å². The number of carbonyl (C=O) groups is 4. The van der Waals surface area contributed by atoms with Gasteiger partial charge in [0.25, 0.3) is 5.91 Å². The standard InChI is InChI=1S/C50H48ClF2N9O5S/c1-27-44(68-26-58-27)29-10-8-28(9-11-29)22-56-47(66)39-21-34(63)25-62(39)48(67)45(50(2,3)4)60-40(64)18-19-54-46(65)30-12-15-33(16-13-30)59-49-57-24-31-23-55-43(41-37(52)6-5-7-38(41)53)36-20-32(51)14-17-35(36)42(31)61-49/h5-17,20,24,26,34,39,45,63H,18-19,21-23,25H2,1-4H3,(H,54,65)(H,56,66)(H,60,64)(H,57,59,61)/t34-,39+,45?/m1/s1. The molecule has 0 aliphatic carbocycles. The summed E-state index contributed by atoms with van der Waals surface area (Å²) >= 11 is 7.91. The van der Waals surface area contributed by atoms with Crippen molar-refractivity contribution in [3.05, 3.63) is 147 Å². The molecule has 8 rings (SSSR count). The van der Waals surface area contributed by atoms with Gasteiger partial charge >= 0.3 is 0 Å². The van der Waals surface area contributed by atoms with Gasteiger partial charge < -0.3 is 31.3 Å². The molecule has 68 heavy (non-hydrogen) atoms. The number of halogens is 3. The number of likely N-dealkylation sites (tertiary alicyclic amines) is 1. The topological polar surface area (TPSA) is 191 Å². The molecule has 3 atom stereocenters. The molecular formula is C50H48ClF2N9O5S. The summed E-state index contributed by atoms with van der Waals surface area (Å²) in [4.78, 5) is 74.4. The number of rotatable bonds is 13. The van der Waals surface area contributed by atoms with Crippen molar-refractivity contribution in [2.75, 3.05) is 18.4 Å². The zero-order chi connectivity index (χ0) is 48.3. The van der Waals surface area contributed by atoms with Gasteiger partial charge in [0.2, 0.25) is 23.7 Å². The molecule has 1 fully saturated rings. The first-order chi connectivity index (χ1) is 32.5. The third-order valence-electron chi connectivity index (χ3n) is 11.7. The van der Waals surface area contributed by atoms with Crippen LogP contribution in [0.15, 0.2) is 102 Å². The largest absolute Gasteiger partial charge is 0.391 e. The van der Waals surface area contributed by atoms with E-state index in [1.165, 1.54) is 23.1 Å². The van der Waals surface area contributed by atoms with Gasteiger partial charge in [0.05, 0.1) is 45.7 Å². The molecule has 0 radical (unpaired) electrons. The summed E-state index contributed by atoms with van der Waals surface area (Å²) < 4.78 is 30.0. The number of aliphatic imine (C=N–C) groups is 1. The summed E-state index contributed by atoms with van der Waals surface area (Å²) in [5.74, 6) is -3.11. The van der Waals surface area contributed by atoms with Crippen molar-refractivity contribution in [3.8, 4) is 21.7 Å². The first-order valence-corrected chi connectivity index (χ1v) is 23.1. The Hall–Kier alpha value is -6.95. The van der Waals surface area contributed by atoms with Gasteiger partial charge in [-0.2, -0.15) is 0 Å². The van der Waals surface area contributed by atoms with Crippen molar-refractivity contribution in [1.29, 1.82) is 0 Å². The number of aryl methyl sites for hydroxylation is 1. The van der Waals surface area contributed by atoms with Crippen LogP contribution in [0.3, 0.4) is 0 Å². The number of fused-ring (bicyclic) bond motifs is 3. The number of thiazole rings is 1. The smallest absolute Gasteiger partial charge is 0.251 e. The number of aliphatic hydroxyl groups excluding tert-OH is 1. The van der Waals surface area contributed by atoms with Crippen molar-refractivity contribution in [3.63, 3.8) is 0 Å². The molecule has 2 aliphatic heterocycles. The maximum absolute atomic E-state index is 15.0. The first-order valence-electron chi connectivity index (χ1n) is 21.9. The van der Waals surface area contributed by atoms with E-state index in [9.17, 15) is 33.1 Å². The second-order valence-corrected chi connectivity index (χ2v) is 19.0. The second kappa shape index (κ2) is 20.1. The summed E-state index contributed by atoms with van der Waals surface area (Å²) in [5, 5.41) is 22.6. The molecule has 0 spiro atoms. The Morgan fingerprint density at radius 3 is 2.37 bits per heavy atom. The molecule has 1 unspecified atom stereocenters. The molecule has 6 aromatic rings. The fourth-order valence-electron chi connectivity index (χ4n) is 8.16.